The molecule has 0 saturated heterocycles. The average Bonchev–Trinajstić information content (AvgIpc) is 1.91. The predicted octanol–water partition coefficient (Wildman–Crippen LogP) is -1.85. The van der Waals surface area contributed by atoms with Gasteiger partial charge < -0.3 is 20.8 Å². The van der Waals surface area contributed by atoms with E-state index in [4.69, 9.17) is 5.11 Å². The quantitative estimate of drug-likeness (QED) is 0.369. The molecule has 2 atom stereocenters. The van der Waals surface area contributed by atoms with Gasteiger partial charge >= 0.3 is 0 Å². The molecule has 0 heterocycles. The molecule has 62 valence electrons. The van der Waals surface area contributed by atoms with Gasteiger partial charge in [-0.25, -0.2) is 0 Å². The maximum absolute atomic E-state index is 9.22. The Morgan fingerprint density at radius 1 is 1.40 bits per heavy atom. The molecule has 0 amide bonds. The normalized spacial score (nSPS) is 16.8. The van der Waals surface area contributed by atoms with E-state index in [0.717, 1.165) is 0 Å². The summed E-state index contributed by atoms with van der Waals surface area (Å²) in [4.78, 5) is 0. The van der Waals surface area contributed by atoms with Crippen molar-refractivity contribution in [2.75, 3.05) is 27.2 Å². The summed E-state index contributed by atoms with van der Waals surface area (Å²) in [6.07, 6.45) is -0.528. The maximum atomic E-state index is 9.22. The summed E-state index contributed by atoms with van der Waals surface area (Å²) in [6.45, 7) is 0.450. The molecular formula is C6H16N2O2. The van der Waals surface area contributed by atoms with Crippen molar-refractivity contribution >= 4 is 0 Å². The number of hydrogen-bond donors (Lipinski definition) is 4. The Bertz CT molecular complexity index is 76.1. The van der Waals surface area contributed by atoms with Crippen molar-refractivity contribution in [3.63, 3.8) is 0 Å². The molecule has 0 bridgehead atoms. The zero-order valence-corrected chi connectivity index (χ0v) is 6.46. The van der Waals surface area contributed by atoms with E-state index in [-0.39, 0.29) is 12.6 Å². The lowest BCUT2D eigenvalue weighted by molar-refractivity contribution is 0.0948. The van der Waals surface area contributed by atoms with Crippen LogP contribution in [0.25, 0.3) is 0 Å². The zero-order chi connectivity index (χ0) is 7.98. The third kappa shape index (κ3) is 3.12. The first kappa shape index (κ1) is 9.84. The van der Waals surface area contributed by atoms with E-state index in [9.17, 15) is 5.11 Å². The number of rotatable bonds is 5. The van der Waals surface area contributed by atoms with E-state index in [1.54, 1.807) is 14.1 Å². The lowest BCUT2D eigenvalue weighted by atomic mass is 10.2. The summed E-state index contributed by atoms with van der Waals surface area (Å²) in [5.41, 5.74) is 0. The van der Waals surface area contributed by atoms with Crippen LogP contribution in [0.5, 0.6) is 0 Å². The highest BCUT2D eigenvalue weighted by Crippen LogP contribution is 1.89. The second kappa shape index (κ2) is 5.61. The number of nitrogens with one attached hydrogen (secondary N) is 2. The standard InChI is InChI=1S/C6H16N2O2/c1-7-3-6(10)5(4-9)8-2/h5-10H,3-4H2,1-2H3/t5-,6+/m0/s1. The zero-order valence-electron chi connectivity index (χ0n) is 6.46. The molecule has 0 spiro atoms. The molecule has 4 heteroatoms. The molecule has 0 radical (unpaired) electrons. The van der Waals surface area contributed by atoms with Crippen molar-refractivity contribution in [2.45, 2.75) is 12.1 Å². The molecule has 0 aromatic rings. The highest BCUT2D eigenvalue weighted by Gasteiger charge is 2.14. The van der Waals surface area contributed by atoms with Gasteiger partial charge in [0.2, 0.25) is 0 Å². The van der Waals surface area contributed by atoms with Crippen LogP contribution in [-0.4, -0.2) is 49.6 Å². The number of aliphatic hydroxyl groups is 2. The van der Waals surface area contributed by atoms with Gasteiger partial charge in [0, 0.05) is 6.54 Å². The van der Waals surface area contributed by atoms with Crippen molar-refractivity contribution < 1.29 is 10.2 Å². The molecule has 4 N–H and O–H groups in total. The van der Waals surface area contributed by atoms with E-state index in [2.05, 4.69) is 10.6 Å². The lowest BCUT2D eigenvalue weighted by Crippen LogP contribution is -2.45. The van der Waals surface area contributed by atoms with Crippen LogP contribution < -0.4 is 10.6 Å². The fourth-order valence-electron chi connectivity index (χ4n) is 0.757. The summed E-state index contributed by atoms with van der Waals surface area (Å²) in [5, 5.41) is 23.5. The van der Waals surface area contributed by atoms with Gasteiger partial charge in [-0.05, 0) is 14.1 Å². The number of aliphatic hydroxyl groups excluding tert-OH is 2. The van der Waals surface area contributed by atoms with Crippen LogP contribution in [-0.2, 0) is 0 Å². The highest BCUT2D eigenvalue weighted by atomic mass is 16.3. The minimum absolute atomic E-state index is 0.0423. The van der Waals surface area contributed by atoms with Crippen LogP contribution in [0.1, 0.15) is 0 Å². The van der Waals surface area contributed by atoms with Gasteiger partial charge in [-0.15, -0.1) is 0 Å². The summed E-state index contributed by atoms with van der Waals surface area (Å²) in [5.74, 6) is 0. The van der Waals surface area contributed by atoms with Gasteiger partial charge in [0.1, 0.15) is 0 Å². The molecule has 0 rings (SSSR count). The minimum Gasteiger partial charge on any atom is -0.395 e. The molecule has 0 aliphatic carbocycles. The predicted molar refractivity (Wildman–Crippen MR) is 39.9 cm³/mol. The first-order valence-corrected chi connectivity index (χ1v) is 3.37. The van der Waals surface area contributed by atoms with Crippen molar-refractivity contribution in [1.29, 1.82) is 0 Å². The fourth-order valence-corrected chi connectivity index (χ4v) is 0.757. The molecule has 0 unspecified atom stereocenters. The van der Waals surface area contributed by atoms with Crippen molar-refractivity contribution in [3.8, 4) is 0 Å². The Morgan fingerprint density at radius 2 is 2.00 bits per heavy atom. The van der Waals surface area contributed by atoms with Crippen LogP contribution in [0.2, 0.25) is 0 Å². The van der Waals surface area contributed by atoms with Crippen LogP contribution >= 0.6 is 0 Å². The Hall–Kier alpha value is -0.160. The molecule has 10 heavy (non-hydrogen) atoms. The Labute approximate surface area is 61.3 Å². The molecule has 0 aromatic carbocycles. The van der Waals surface area contributed by atoms with E-state index < -0.39 is 6.10 Å². The van der Waals surface area contributed by atoms with Crippen molar-refractivity contribution in [3.05, 3.63) is 0 Å². The van der Waals surface area contributed by atoms with Crippen LogP contribution in [0.15, 0.2) is 0 Å². The van der Waals surface area contributed by atoms with Crippen molar-refractivity contribution in [2.24, 2.45) is 0 Å². The van der Waals surface area contributed by atoms with Crippen molar-refractivity contribution in [1.82, 2.24) is 10.6 Å². The maximum Gasteiger partial charge on any atom is 0.0839 e. The van der Waals surface area contributed by atoms with Gasteiger partial charge in [0.15, 0.2) is 0 Å². The molecule has 0 fully saturated rings. The van der Waals surface area contributed by atoms with E-state index in [0.29, 0.717) is 6.54 Å². The molecule has 0 aliphatic rings. The van der Waals surface area contributed by atoms with Gasteiger partial charge in [-0.2, -0.15) is 0 Å². The van der Waals surface area contributed by atoms with Gasteiger partial charge in [0.25, 0.3) is 0 Å². The van der Waals surface area contributed by atoms with Gasteiger partial charge in [-0.3, -0.25) is 0 Å². The van der Waals surface area contributed by atoms with E-state index in [1.165, 1.54) is 0 Å². The second-order valence-electron chi connectivity index (χ2n) is 2.20. The minimum atomic E-state index is -0.528. The Kier molecular flexibility index (Phi) is 5.52. The van der Waals surface area contributed by atoms with Crippen LogP contribution in [0.3, 0.4) is 0 Å². The molecule has 0 aliphatic heterocycles. The van der Waals surface area contributed by atoms with Gasteiger partial charge in [0.05, 0.1) is 18.8 Å². The Morgan fingerprint density at radius 3 is 2.30 bits per heavy atom. The van der Waals surface area contributed by atoms with Crippen LogP contribution in [0.4, 0.5) is 0 Å². The second-order valence-corrected chi connectivity index (χ2v) is 2.20. The third-order valence-electron chi connectivity index (χ3n) is 1.45. The van der Waals surface area contributed by atoms with E-state index >= 15 is 0 Å². The van der Waals surface area contributed by atoms with Gasteiger partial charge in [-0.1, -0.05) is 0 Å². The smallest absolute Gasteiger partial charge is 0.0839 e. The first-order valence-electron chi connectivity index (χ1n) is 3.37. The first-order chi connectivity index (χ1) is 4.76. The number of likely N-dealkylation sites (N-methyl/N-ethyl adjacent to an activating group) is 2. The summed E-state index contributed by atoms with van der Waals surface area (Å²) in [7, 11) is 3.47. The summed E-state index contributed by atoms with van der Waals surface area (Å²) in [6, 6.07) is -0.229. The largest absolute Gasteiger partial charge is 0.395 e. The lowest BCUT2D eigenvalue weighted by Gasteiger charge is -2.19. The number of hydrogen-bond acceptors (Lipinski definition) is 4. The highest BCUT2D eigenvalue weighted by molar-refractivity contribution is 4.73. The summed E-state index contributed by atoms with van der Waals surface area (Å²) >= 11 is 0. The van der Waals surface area contributed by atoms with Crippen LogP contribution in [0, 0.1) is 0 Å². The Balaban J connectivity index is 3.53. The average molecular weight is 148 g/mol. The monoisotopic (exact) mass is 148 g/mol. The molecule has 4 nitrogen and oxygen atoms in total. The summed E-state index contributed by atoms with van der Waals surface area (Å²) < 4.78 is 0. The van der Waals surface area contributed by atoms with E-state index in [1.807, 2.05) is 0 Å². The SMILES string of the molecule is CNC[C@@H](O)[C@H](CO)NC. The molecular weight excluding hydrogens is 132 g/mol. The molecule has 0 saturated carbocycles. The fraction of sp³-hybridized carbons (Fsp3) is 1.00. The third-order valence-corrected chi connectivity index (χ3v) is 1.45. The molecule has 0 aromatic heterocycles. The topological polar surface area (TPSA) is 64.5 Å².